The maximum Gasteiger partial charge on any atom is 0.269 e. The van der Waals surface area contributed by atoms with Crippen LogP contribution in [-0.4, -0.2) is 17.3 Å². The number of anilines is 1. The molecule has 0 atom stereocenters. The molecule has 2 aromatic rings. The highest BCUT2D eigenvalue weighted by Gasteiger charge is 2.21. The van der Waals surface area contributed by atoms with Crippen molar-refractivity contribution in [3.63, 3.8) is 0 Å². The van der Waals surface area contributed by atoms with Crippen molar-refractivity contribution in [1.29, 1.82) is 0 Å². The third kappa shape index (κ3) is 1.97. The first-order valence-corrected chi connectivity index (χ1v) is 6.14. The van der Waals surface area contributed by atoms with Crippen LogP contribution in [-0.2, 0) is 13.1 Å². The molecule has 5 nitrogen and oxygen atoms in total. The minimum Gasteiger partial charge on any atom is -0.497 e. The van der Waals surface area contributed by atoms with E-state index >= 15 is 0 Å². The second kappa shape index (κ2) is 4.42. The van der Waals surface area contributed by atoms with Crippen molar-refractivity contribution >= 4 is 5.69 Å². The zero-order valence-corrected chi connectivity index (χ0v) is 10.9. The van der Waals surface area contributed by atoms with Crippen LogP contribution in [0.4, 0.5) is 5.69 Å². The van der Waals surface area contributed by atoms with Gasteiger partial charge in [-0.3, -0.25) is 4.79 Å². The molecule has 0 saturated heterocycles. The second-order valence-corrected chi connectivity index (χ2v) is 4.70. The molecule has 0 bridgehead atoms. The summed E-state index contributed by atoms with van der Waals surface area (Å²) in [4.78, 5) is 13.8. The Balaban J connectivity index is 1.95. The topological polar surface area (TPSA) is 58.2 Å². The number of aromatic amines is 1. The zero-order valence-electron chi connectivity index (χ0n) is 10.9. The van der Waals surface area contributed by atoms with E-state index in [1.54, 1.807) is 13.3 Å². The van der Waals surface area contributed by atoms with Crippen LogP contribution in [0.3, 0.4) is 0 Å². The van der Waals surface area contributed by atoms with Gasteiger partial charge in [-0.05, 0) is 30.2 Å². The molecule has 0 aliphatic carbocycles. The summed E-state index contributed by atoms with van der Waals surface area (Å²) >= 11 is 0. The zero-order chi connectivity index (χ0) is 13.4. The van der Waals surface area contributed by atoms with Gasteiger partial charge in [0.05, 0.1) is 19.0 Å². The van der Waals surface area contributed by atoms with Gasteiger partial charge in [-0.2, -0.15) is 5.10 Å². The van der Waals surface area contributed by atoms with Crippen LogP contribution in [0.15, 0.2) is 29.2 Å². The van der Waals surface area contributed by atoms with Crippen LogP contribution in [0.25, 0.3) is 0 Å². The van der Waals surface area contributed by atoms with E-state index < -0.39 is 0 Å². The molecule has 19 heavy (non-hydrogen) atoms. The van der Waals surface area contributed by atoms with Crippen molar-refractivity contribution in [1.82, 2.24) is 10.2 Å². The number of H-pyrrole nitrogens is 1. The average Bonchev–Trinajstić information content (AvgIpc) is 2.84. The highest BCUT2D eigenvalue weighted by atomic mass is 16.5. The fourth-order valence-corrected chi connectivity index (χ4v) is 2.44. The predicted molar refractivity (Wildman–Crippen MR) is 72.5 cm³/mol. The third-order valence-corrected chi connectivity index (χ3v) is 3.55. The molecule has 0 unspecified atom stereocenters. The van der Waals surface area contributed by atoms with Crippen molar-refractivity contribution in [2.24, 2.45) is 0 Å². The maximum atomic E-state index is 11.6. The Morgan fingerprint density at radius 2 is 2.11 bits per heavy atom. The summed E-state index contributed by atoms with van der Waals surface area (Å²) in [5.41, 5.74) is 3.96. The summed E-state index contributed by atoms with van der Waals surface area (Å²) in [6, 6.07) is 6.08. The Labute approximate surface area is 110 Å². The van der Waals surface area contributed by atoms with Crippen molar-refractivity contribution in [3.05, 3.63) is 51.4 Å². The number of benzene rings is 1. The standard InChI is InChI=1S/C14H15N3O2/c1-9-13(6-15-16-14(9)18)17-7-10-3-4-12(19-2)5-11(10)8-17/h3-6H,7-8H2,1-2H3,(H,16,18). The molecular weight excluding hydrogens is 242 g/mol. The minimum atomic E-state index is -0.133. The number of hydrogen-bond donors (Lipinski definition) is 1. The summed E-state index contributed by atoms with van der Waals surface area (Å²) in [7, 11) is 1.67. The molecule has 0 spiro atoms. The second-order valence-electron chi connectivity index (χ2n) is 4.70. The van der Waals surface area contributed by atoms with Crippen LogP contribution in [0, 0.1) is 6.92 Å². The number of nitrogens with one attached hydrogen (secondary N) is 1. The number of rotatable bonds is 2. The lowest BCUT2D eigenvalue weighted by Gasteiger charge is -2.18. The van der Waals surface area contributed by atoms with Crippen LogP contribution < -0.4 is 15.2 Å². The van der Waals surface area contributed by atoms with E-state index in [2.05, 4.69) is 21.2 Å². The molecule has 5 heteroatoms. The first-order valence-electron chi connectivity index (χ1n) is 6.14. The summed E-state index contributed by atoms with van der Waals surface area (Å²) in [5, 5.41) is 6.33. The number of hydrogen-bond acceptors (Lipinski definition) is 4. The summed E-state index contributed by atoms with van der Waals surface area (Å²) in [6.07, 6.45) is 1.71. The van der Waals surface area contributed by atoms with E-state index in [1.165, 1.54) is 11.1 Å². The quantitative estimate of drug-likeness (QED) is 0.888. The summed E-state index contributed by atoms with van der Waals surface area (Å²) < 4.78 is 5.24. The molecule has 1 aliphatic rings. The largest absolute Gasteiger partial charge is 0.497 e. The highest BCUT2D eigenvalue weighted by molar-refractivity contribution is 5.55. The maximum absolute atomic E-state index is 11.6. The number of fused-ring (bicyclic) bond motifs is 1. The van der Waals surface area contributed by atoms with Crippen molar-refractivity contribution in [2.45, 2.75) is 20.0 Å². The Morgan fingerprint density at radius 1 is 1.32 bits per heavy atom. The number of methoxy groups -OCH3 is 1. The van der Waals surface area contributed by atoms with E-state index in [0.29, 0.717) is 5.56 Å². The molecule has 1 aromatic heterocycles. The normalized spacial score (nSPS) is 13.5. The molecule has 0 radical (unpaired) electrons. The molecule has 1 aromatic carbocycles. The van der Waals surface area contributed by atoms with Crippen LogP contribution in [0.2, 0.25) is 0 Å². The molecule has 1 N–H and O–H groups in total. The van der Waals surface area contributed by atoms with Crippen LogP contribution in [0.1, 0.15) is 16.7 Å². The van der Waals surface area contributed by atoms with E-state index in [0.717, 1.165) is 24.5 Å². The van der Waals surface area contributed by atoms with Crippen molar-refractivity contribution in [3.8, 4) is 5.75 Å². The number of nitrogens with zero attached hydrogens (tertiary/aromatic N) is 2. The lowest BCUT2D eigenvalue weighted by atomic mass is 10.1. The molecule has 98 valence electrons. The van der Waals surface area contributed by atoms with Gasteiger partial charge in [-0.15, -0.1) is 0 Å². The summed E-state index contributed by atoms with van der Waals surface area (Å²) in [6.45, 7) is 3.39. The monoisotopic (exact) mass is 257 g/mol. The van der Waals surface area contributed by atoms with Gasteiger partial charge >= 0.3 is 0 Å². The fourth-order valence-electron chi connectivity index (χ4n) is 2.44. The first kappa shape index (κ1) is 11.8. The van der Waals surface area contributed by atoms with Crippen molar-refractivity contribution in [2.75, 3.05) is 12.0 Å². The molecule has 2 heterocycles. The van der Waals surface area contributed by atoms with E-state index in [-0.39, 0.29) is 5.56 Å². The van der Waals surface area contributed by atoms with E-state index in [4.69, 9.17) is 4.74 Å². The molecule has 3 rings (SSSR count). The van der Waals surface area contributed by atoms with Gasteiger partial charge in [0.15, 0.2) is 0 Å². The third-order valence-electron chi connectivity index (χ3n) is 3.55. The molecular formula is C14H15N3O2. The molecule has 0 amide bonds. The molecule has 0 fully saturated rings. The first-order chi connectivity index (χ1) is 9.19. The SMILES string of the molecule is COc1ccc2c(c1)CN(c1cn[nH]c(=O)c1C)C2. The van der Waals surface area contributed by atoms with Gasteiger partial charge in [-0.25, -0.2) is 5.10 Å². The smallest absolute Gasteiger partial charge is 0.269 e. The van der Waals surface area contributed by atoms with E-state index in [1.807, 2.05) is 19.1 Å². The Hall–Kier alpha value is -2.30. The van der Waals surface area contributed by atoms with Gasteiger partial charge in [0.2, 0.25) is 0 Å². The van der Waals surface area contributed by atoms with Gasteiger partial charge in [-0.1, -0.05) is 6.07 Å². The predicted octanol–water partition coefficient (Wildman–Crippen LogP) is 1.61. The Kier molecular flexibility index (Phi) is 2.74. The Bertz CT molecular complexity index is 679. The van der Waals surface area contributed by atoms with Gasteiger partial charge in [0.25, 0.3) is 5.56 Å². The lowest BCUT2D eigenvalue weighted by Crippen LogP contribution is -2.21. The van der Waals surface area contributed by atoms with Crippen LogP contribution >= 0.6 is 0 Å². The van der Waals surface area contributed by atoms with Crippen molar-refractivity contribution < 1.29 is 4.74 Å². The van der Waals surface area contributed by atoms with Gasteiger partial charge in [0, 0.05) is 18.7 Å². The average molecular weight is 257 g/mol. The lowest BCUT2D eigenvalue weighted by molar-refractivity contribution is 0.414. The number of ether oxygens (including phenoxy) is 1. The fraction of sp³-hybridized carbons (Fsp3) is 0.286. The Morgan fingerprint density at radius 3 is 2.89 bits per heavy atom. The highest BCUT2D eigenvalue weighted by Crippen LogP contribution is 2.30. The van der Waals surface area contributed by atoms with Crippen LogP contribution in [0.5, 0.6) is 5.75 Å². The minimum absolute atomic E-state index is 0.133. The van der Waals surface area contributed by atoms with Gasteiger partial charge in [0.1, 0.15) is 5.75 Å². The van der Waals surface area contributed by atoms with E-state index in [9.17, 15) is 4.79 Å². The summed E-state index contributed by atoms with van der Waals surface area (Å²) in [5.74, 6) is 0.862. The molecule has 1 aliphatic heterocycles. The van der Waals surface area contributed by atoms with Gasteiger partial charge < -0.3 is 9.64 Å². The molecule has 0 saturated carbocycles. The number of aromatic nitrogens is 2.